The van der Waals surface area contributed by atoms with Gasteiger partial charge in [-0.2, -0.15) is 5.10 Å². The second-order valence-electron chi connectivity index (χ2n) is 5.95. The Labute approximate surface area is 193 Å². The normalized spacial score (nSPS) is 10.7. The van der Waals surface area contributed by atoms with Crippen molar-refractivity contribution in [2.24, 2.45) is 5.10 Å². The molecule has 1 amide bonds. The van der Waals surface area contributed by atoms with Gasteiger partial charge in [-0.25, -0.2) is 10.4 Å². The summed E-state index contributed by atoms with van der Waals surface area (Å²) in [5.41, 5.74) is 3.99. The van der Waals surface area contributed by atoms with E-state index in [1.165, 1.54) is 18.3 Å². The Morgan fingerprint density at radius 3 is 2.67 bits per heavy atom. The third kappa shape index (κ3) is 5.83. The predicted molar refractivity (Wildman–Crippen MR) is 124 cm³/mol. The number of nitro groups is 1. The number of pyridine rings is 1. The monoisotopic (exact) mass is 580 g/mol. The van der Waals surface area contributed by atoms with E-state index in [9.17, 15) is 14.9 Å². The first-order valence-corrected chi connectivity index (χ1v) is 10.4. The van der Waals surface area contributed by atoms with Gasteiger partial charge in [0.2, 0.25) is 0 Å². The molecule has 30 heavy (non-hydrogen) atoms. The molecule has 1 N–H and O–H groups in total. The van der Waals surface area contributed by atoms with Gasteiger partial charge in [0.25, 0.3) is 11.6 Å². The molecule has 0 aliphatic carbocycles. The number of aromatic nitrogens is 1. The minimum absolute atomic E-state index is 0.0261. The Hall–Kier alpha value is -2.86. The van der Waals surface area contributed by atoms with E-state index in [4.69, 9.17) is 4.74 Å². The van der Waals surface area contributed by atoms with Gasteiger partial charge < -0.3 is 4.74 Å². The van der Waals surface area contributed by atoms with Crippen LogP contribution in [0, 0.1) is 13.7 Å². The van der Waals surface area contributed by atoms with Gasteiger partial charge in [-0.05, 0) is 67.8 Å². The number of carbonyl (C=O) groups excluding carboxylic acids is 1. The molecular formula is C20H14BrIN4O4. The zero-order chi connectivity index (χ0) is 21.5. The molecule has 2 aromatic carbocycles. The Morgan fingerprint density at radius 1 is 1.27 bits per heavy atom. The van der Waals surface area contributed by atoms with Crippen molar-refractivity contribution >= 4 is 56.3 Å². The fraction of sp³-hybridized carbons (Fsp3) is 0.0500. The number of amides is 1. The highest BCUT2D eigenvalue weighted by Gasteiger charge is 2.11. The second-order valence-corrected chi connectivity index (χ2v) is 7.96. The maximum absolute atomic E-state index is 12.0. The fourth-order valence-corrected chi connectivity index (χ4v) is 4.14. The summed E-state index contributed by atoms with van der Waals surface area (Å²) in [5.74, 6) is 0.147. The summed E-state index contributed by atoms with van der Waals surface area (Å²) < 4.78 is 7.55. The molecule has 0 spiro atoms. The Bertz CT molecular complexity index is 1070. The molecule has 0 saturated carbocycles. The van der Waals surface area contributed by atoms with Crippen molar-refractivity contribution < 1.29 is 14.5 Å². The number of hydrogen-bond acceptors (Lipinski definition) is 6. The van der Waals surface area contributed by atoms with Crippen LogP contribution in [0.5, 0.6) is 5.75 Å². The van der Waals surface area contributed by atoms with Crippen LogP contribution in [0.2, 0.25) is 0 Å². The minimum atomic E-state index is -0.584. The van der Waals surface area contributed by atoms with Crippen LogP contribution >= 0.6 is 38.5 Å². The number of rotatable bonds is 7. The van der Waals surface area contributed by atoms with Gasteiger partial charge in [-0.1, -0.05) is 30.3 Å². The minimum Gasteiger partial charge on any atom is -0.487 e. The SMILES string of the molecule is O=C(NN=Cc1cc(Br)c(OCc2ccccc2)c(I)c1)c1ccc([N+](=O)[O-])cn1. The van der Waals surface area contributed by atoms with Gasteiger partial charge in [0.05, 0.1) is 19.2 Å². The Balaban J connectivity index is 1.62. The van der Waals surface area contributed by atoms with Crippen molar-refractivity contribution in [1.82, 2.24) is 10.4 Å². The first kappa shape index (κ1) is 21.8. The number of hydrogen-bond donors (Lipinski definition) is 1. The Kier molecular flexibility index (Phi) is 7.46. The van der Waals surface area contributed by atoms with Crippen LogP contribution in [-0.2, 0) is 6.61 Å². The van der Waals surface area contributed by atoms with Crippen LogP contribution in [0.4, 0.5) is 5.69 Å². The summed E-state index contributed by atoms with van der Waals surface area (Å²) >= 11 is 5.67. The lowest BCUT2D eigenvalue weighted by Gasteiger charge is -2.11. The summed E-state index contributed by atoms with van der Waals surface area (Å²) in [6.07, 6.45) is 2.50. The van der Waals surface area contributed by atoms with Crippen LogP contribution < -0.4 is 10.2 Å². The summed E-state index contributed by atoms with van der Waals surface area (Å²) in [6.45, 7) is 0.446. The van der Waals surface area contributed by atoms with Gasteiger partial charge in [0, 0.05) is 6.07 Å². The highest BCUT2D eigenvalue weighted by Crippen LogP contribution is 2.32. The number of nitrogens with one attached hydrogen (secondary N) is 1. The second kappa shape index (κ2) is 10.3. The molecule has 0 saturated heterocycles. The summed E-state index contributed by atoms with van der Waals surface area (Å²) in [4.78, 5) is 25.8. The molecule has 0 radical (unpaired) electrons. The average molecular weight is 581 g/mol. The van der Waals surface area contributed by atoms with Crippen molar-refractivity contribution in [3.8, 4) is 5.75 Å². The number of benzene rings is 2. The maximum Gasteiger partial charge on any atom is 0.289 e. The topological polar surface area (TPSA) is 107 Å². The molecule has 0 atom stereocenters. The lowest BCUT2D eigenvalue weighted by Crippen LogP contribution is -2.18. The van der Waals surface area contributed by atoms with Crippen molar-refractivity contribution in [2.45, 2.75) is 6.61 Å². The number of carbonyl (C=O) groups is 1. The largest absolute Gasteiger partial charge is 0.487 e. The molecule has 1 heterocycles. The zero-order valence-electron chi connectivity index (χ0n) is 15.3. The summed E-state index contributed by atoms with van der Waals surface area (Å²) in [7, 11) is 0. The highest BCUT2D eigenvalue weighted by molar-refractivity contribution is 14.1. The summed E-state index contributed by atoms with van der Waals surface area (Å²) in [5, 5.41) is 14.5. The smallest absolute Gasteiger partial charge is 0.289 e. The molecule has 3 aromatic rings. The lowest BCUT2D eigenvalue weighted by molar-refractivity contribution is -0.385. The van der Waals surface area contributed by atoms with Gasteiger partial charge in [0.15, 0.2) is 0 Å². The fourth-order valence-electron chi connectivity index (χ4n) is 2.37. The third-order valence-corrected chi connectivity index (χ3v) is 5.21. The van der Waals surface area contributed by atoms with Crippen molar-refractivity contribution in [1.29, 1.82) is 0 Å². The van der Waals surface area contributed by atoms with E-state index in [1.54, 1.807) is 0 Å². The zero-order valence-corrected chi connectivity index (χ0v) is 19.0. The van der Waals surface area contributed by atoms with E-state index in [0.29, 0.717) is 6.61 Å². The van der Waals surface area contributed by atoms with E-state index in [0.717, 1.165) is 31.1 Å². The van der Waals surface area contributed by atoms with Crippen molar-refractivity contribution in [2.75, 3.05) is 0 Å². The average Bonchev–Trinajstić information content (AvgIpc) is 2.74. The molecule has 152 valence electrons. The van der Waals surface area contributed by atoms with Gasteiger partial charge in [0.1, 0.15) is 24.2 Å². The number of halogens is 2. The highest BCUT2D eigenvalue weighted by atomic mass is 127. The molecule has 0 unspecified atom stereocenters. The number of nitrogens with zero attached hydrogens (tertiary/aromatic N) is 3. The maximum atomic E-state index is 12.0. The number of hydrazone groups is 1. The van der Waals surface area contributed by atoms with Crippen molar-refractivity contribution in [3.05, 3.63) is 95.8 Å². The van der Waals surface area contributed by atoms with Crippen LogP contribution in [0.1, 0.15) is 21.6 Å². The molecule has 1 aromatic heterocycles. The molecule has 0 fully saturated rings. The molecule has 8 nitrogen and oxygen atoms in total. The molecule has 0 aliphatic rings. The molecular weight excluding hydrogens is 567 g/mol. The van der Waals surface area contributed by atoms with E-state index >= 15 is 0 Å². The Morgan fingerprint density at radius 2 is 2.03 bits per heavy atom. The van der Waals surface area contributed by atoms with Gasteiger partial charge >= 0.3 is 0 Å². The standard InChI is InChI=1S/C20H14BrIN4O4/c21-16-8-14(9-17(22)19(16)30-12-13-4-2-1-3-5-13)10-24-25-20(27)18-7-6-15(11-23-18)26(28)29/h1-11H,12H2,(H,25,27). The van der Waals surface area contributed by atoms with E-state index in [1.807, 2.05) is 42.5 Å². The van der Waals surface area contributed by atoms with Gasteiger partial charge in [-0.3, -0.25) is 14.9 Å². The van der Waals surface area contributed by atoms with Crippen molar-refractivity contribution in [3.63, 3.8) is 0 Å². The van der Waals surface area contributed by atoms with E-state index in [-0.39, 0.29) is 11.4 Å². The van der Waals surface area contributed by atoms with E-state index < -0.39 is 10.8 Å². The van der Waals surface area contributed by atoms with Crippen LogP contribution in [0.15, 0.2) is 70.4 Å². The van der Waals surface area contributed by atoms with Crippen LogP contribution in [-0.4, -0.2) is 22.0 Å². The van der Waals surface area contributed by atoms with Crippen LogP contribution in [0.25, 0.3) is 0 Å². The third-order valence-electron chi connectivity index (χ3n) is 3.82. The molecule has 0 aliphatic heterocycles. The molecule has 0 bridgehead atoms. The first-order valence-electron chi connectivity index (χ1n) is 8.53. The number of ether oxygens (including phenoxy) is 1. The predicted octanol–water partition coefficient (Wildman–Crippen LogP) is 4.70. The van der Waals surface area contributed by atoms with E-state index in [2.05, 4.69) is 54.0 Å². The van der Waals surface area contributed by atoms with Crippen LogP contribution in [0.3, 0.4) is 0 Å². The molecule has 3 rings (SSSR count). The summed E-state index contributed by atoms with van der Waals surface area (Å²) in [6, 6.07) is 16.0. The molecule has 10 heteroatoms. The first-order chi connectivity index (χ1) is 14.4. The van der Waals surface area contributed by atoms with Gasteiger partial charge in [-0.15, -0.1) is 0 Å². The lowest BCUT2D eigenvalue weighted by atomic mass is 10.2. The quantitative estimate of drug-likeness (QED) is 0.189.